The molecule has 0 spiro atoms. The lowest BCUT2D eigenvalue weighted by atomic mass is 9.76. The van der Waals surface area contributed by atoms with E-state index in [0.29, 0.717) is 37.9 Å². The summed E-state index contributed by atoms with van der Waals surface area (Å²) in [4.78, 5) is 6.86. The van der Waals surface area contributed by atoms with Crippen molar-refractivity contribution in [1.82, 2.24) is 25.3 Å². The van der Waals surface area contributed by atoms with E-state index in [2.05, 4.69) is 82.0 Å². The molecular formula is C34H57N9O3. The number of nitrogens with zero attached hydrogens (tertiary/aromatic N) is 4. The smallest absolute Gasteiger partial charge is 0.142 e. The molecule has 1 aromatic carbocycles. The number of aliphatic hydroxyl groups excluding tert-OH is 2. The minimum atomic E-state index is -0.996. The zero-order valence-electron chi connectivity index (χ0n) is 28.5. The zero-order chi connectivity index (χ0) is 33.0. The highest BCUT2D eigenvalue weighted by Crippen LogP contribution is 2.41. The van der Waals surface area contributed by atoms with Crippen LogP contribution < -0.4 is 27.0 Å². The van der Waals surface area contributed by atoms with Crippen molar-refractivity contribution in [3.8, 4) is 6.07 Å². The van der Waals surface area contributed by atoms with Gasteiger partial charge >= 0.3 is 0 Å². The van der Waals surface area contributed by atoms with Crippen LogP contribution in [0.1, 0.15) is 78.7 Å². The summed E-state index contributed by atoms with van der Waals surface area (Å²) in [6, 6.07) is 9.37. The number of rotatable bonds is 11. The predicted molar refractivity (Wildman–Crippen MR) is 179 cm³/mol. The molecule has 6 rings (SSSR count). The molecule has 12 heteroatoms. The van der Waals surface area contributed by atoms with Crippen LogP contribution in [0.3, 0.4) is 0 Å². The molecule has 4 heterocycles. The van der Waals surface area contributed by atoms with Crippen molar-refractivity contribution < 1.29 is 14.9 Å². The molecule has 0 radical (unpaired) electrons. The van der Waals surface area contributed by atoms with E-state index < -0.39 is 30.0 Å². The number of aliphatic hydroxyl groups is 2. The van der Waals surface area contributed by atoms with Gasteiger partial charge in [-0.1, -0.05) is 19.4 Å². The Balaban J connectivity index is 1.02. The fourth-order valence-corrected chi connectivity index (χ4v) is 8.71. The molecule has 0 bridgehead atoms. The Morgan fingerprint density at radius 2 is 1.89 bits per heavy atom. The normalized spacial score (nSPS) is 37.9. The molecule has 5 aliphatic rings. The first-order valence-electron chi connectivity index (χ1n) is 17.4. The number of nitrogens with one attached hydrogen (secondary N) is 4. The number of hydrogen-bond acceptors (Lipinski definition) is 12. The van der Waals surface area contributed by atoms with Gasteiger partial charge in [0, 0.05) is 18.6 Å². The molecule has 0 amide bonds. The molecule has 4 aliphatic heterocycles. The lowest BCUT2D eigenvalue weighted by Crippen LogP contribution is -2.76. The number of benzene rings is 1. The van der Waals surface area contributed by atoms with E-state index in [1.807, 2.05) is 19.9 Å². The van der Waals surface area contributed by atoms with Gasteiger partial charge < -0.3 is 31.3 Å². The molecule has 0 aromatic heterocycles. The zero-order valence-corrected chi connectivity index (χ0v) is 28.5. The van der Waals surface area contributed by atoms with Gasteiger partial charge in [0.25, 0.3) is 0 Å². The van der Waals surface area contributed by atoms with Gasteiger partial charge in [0.05, 0.1) is 60.2 Å². The monoisotopic (exact) mass is 639 g/mol. The Bertz CT molecular complexity index is 1270. The quantitative estimate of drug-likeness (QED) is 0.189. The molecule has 1 aromatic rings. The Kier molecular flexibility index (Phi) is 9.64. The maximum Gasteiger partial charge on any atom is 0.142 e. The molecule has 12 nitrogen and oxygen atoms in total. The van der Waals surface area contributed by atoms with Gasteiger partial charge in [0.1, 0.15) is 24.5 Å². The van der Waals surface area contributed by atoms with Crippen molar-refractivity contribution in [3.05, 3.63) is 23.8 Å². The molecule has 8 N–H and O–H groups in total. The maximum atomic E-state index is 11.3. The number of nitriles is 1. The summed E-state index contributed by atoms with van der Waals surface area (Å²) in [6.45, 7) is 12.3. The minimum Gasteiger partial charge on any atom is -0.387 e. The molecule has 1 saturated carbocycles. The lowest BCUT2D eigenvalue weighted by molar-refractivity contribution is -0.140. The van der Waals surface area contributed by atoms with E-state index >= 15 is 0 Å². The van der Waals surface area contributed by atoms with Crippen LogP contribution in [0.4, 0.5) is 11.4 Å². The molecule has 4 fully saturated rings. The average molecular weight is 640 g/mol. The van der Waals surface area contributed by atoms with Crippen LogP contribution in [0.15, 0.2) is 18.2 Å². The summed E-state index contributed by atoms with van der Waals surface area (Å²) in [5.74, 6) is 0.654. The van der Waals surface area contributed by atoms with Gasteiger partial charge in [-0.2, -0.15) is 5.26 Å². The largest absolute Gasteiger partial charge is 0.387 e. The van der Waals surface area contributed by atoms with Gasteiger partial charge in [-0.15, -0.1) is 0 Å². The third kappa shape index (κ3) is 6.04. The Morgan fingerprint density at radius 3 is 2.59 bits per heavy atom. The first-order chi connectivity index (χ1) is 21.9. The van der Waals surface area contributed by atoms with Crippen molar-refractivity contribution in [2.24, 2.45) is 11.7 Å². The Hall–Kier alpha value is -2.05. The molecular weight excluding hydrogens is 582 g/mol. The van der Waals surface area contributed by atoms with Gasteiger partial charge in [-0.25, -0.2) is 4.90 Å². The Labute approximate surface area is 275 Å². The van der Waals surface area contributed by atoms with Crippen molar-refractivity contribution in [3.63, 3.8) is 0 Å². The highest BCUT2D eigenvalue weighted by Gasteiger charge is 2.59. The van der Waals surface area contributed by atoms with Crippen LogP contribution in [0, 0.1) is 17.2 Å². The van der Waals surface area contributed by atoms with E-state index in [-0.39, 0.29) is 24.0 Å². The van der Waals surface area contributed by atoms with Crippen LogP contribution >= 0.6 is 0 Å². The summed E-state index contributed by atoms with van der Waals surface area (Å²) in [7, 11) is 2.07. The van der Waals surface area contributed by atoms with Crippen LogP contribution in [-0.4, -0.2) is 113 Å². The molecule has 8 atom stereocenters. The molecule has 46 heavy (non-hydrogen) atoms. The molecule has 1 aliphatic carbocycles. The highest BCUT2D eigenvalue weighted by atomic mass is 16.6. The average Bonchev–Trinajstić information content (AvgIpc) is 3.68. The summed E-state index contributed by atoms with van der Waals surface area (Å²) in [5, 5.41) is 46.4. The molecule has 4 unspecified atom stereocenters. The van der Waals surface area contributed by atoms with E-state index in [1.165, 1.54) is 0 Å². The van der Waals surface area contributed by atoms with Crippen LogP contribution in [0.2, 0.25) is 0 Å². The first kappa shape index (κ1) is 33.8. The number of nitrogens with two attached hydrogens (primary N) is 1. The number of ether oxygens (including phenoxy) is 1. The van der Waals surface area contributed by atoms with Gasteiger partial charge in [0.15, 0.2) is 0 Å². The third-order valence-electron chi connectivity index (χ3n) is 11.5. The lowest BCUT2D eigenvalue weighted by Gasteiger charge is -2.51. The number of fused-ring (bicyclic) bond motifs is 2. The SMILES string of the molecule is CCCC12NCN([C@@H]3O[C@H](CN(C(C)C)[C@H]4C[C@@H](CCC5Nc6ccc(C(C)(C)C#N)cc6N5)C4)[C@@H](O)[C@H]3O)C1N(C)CNC2N. The fourth-order valence-electron chi connectivity index (χ4n) is 8.71. The second-order valence-corrected chi connectivity index (χ2v) is 15.4. The van der Waals surface area contributed by atoms with E-state index in [1.54, 1.807) is 0 Å². The second kappa shape index (κ2) is 13.1. The molecule has 256 valence electrons. The van der Waals surface area contributed by atoms with E-state index in [0.717, 1.165) is 55.5 Å². The van der Waals surface area contributed by atoms with Crippen LogP contribution in [0.25, 0.3) is 0 Å². The van der Waals surface area contributed by atoms with Crippen molar-refractivity contribution in [2.75, 3.05) is 37.6 Å². The summed E-state index contributed by atoms with van der Waals surface area (Å²) < 4.78 is 6.56. The van der Waals surface area contributed by atoms with Gasteiger partial charge in [0.2, 0.25) is 0 Å². The predicted octanol–water partition coefficient (Wildman–Crippen LogP) is 1.87. The van der Waals surface area contributed by atoms with Crippen molar-refractivity contribution in [2.45, 2.75) is 139 Å². The summed E-state index contributed by atoms with van der Waals surface area (Å²) in [5.41, 5.74) is 8.95. The number of hydrogen-bond donors (Lipinski definition) is 7. The first-order valence-corrected chi connectivity index (χ1v) is 17.4. The topological polar surface area (TPSA) is 157 Å². The van der Waals surface area contributed by atoms with Gasteiger partial charge in [-0.05, 0) is 90.5 Å². The minimum absolute atomic E-state index is 0.0500. The third-order valence-corrected chi connectivity index (χ3v) is 11.5. The standard InChI is InChI=1S/C34H57N9O3/c1-7-12-34-31(36)37-18-41(6)32(34)43(19-38-34)30-29(45)28(44)26(46-30)16-42(20(2)3)23-13-21(14-23)8-11-27-39-24-10-9-22(15-25(24)40-27)33(4,5)17-35/h9-10,15,20-21,23,26-32,37-40,44-45H,7-8,11-14,16,18-19,36H2,1-6H3/t21-,23+,26-,27?,28-,29-,30-,31?,32?,34?/m1/s1. The second-order valence-electron chi connectivity index (χ2n) is 15.4. The fraction of sp³-hybridized carbons (Fsp3) is 0.794. The summed E-state index contributed by atoms with van der Waals surface area (Å²) >= 11 is 0. The maximum absolute atomic E-state index is 11.3. The Morgan fingerprint density at radius 1 is 1.15 bits per heavy atom. The van der Waals surface area contributed by atoms with E-state index in [4.69, 9.17) is 10.5 Å². The van der Waals surface area contributed by atoms with Gasteiger partial charge in [-0.3, -0.25) is 20.4 Å². The number of likely N-dealkylation sites (N-methyl/N-ethyl adjacent to an activating group) is 1. The highest BCUT2D eigenvalue weighted by molar-refractivity contribution is 5.75. The van der Waals surface area contributed by atoms with E-state index in [9.17, 15) is 15.5 Å². The summed E-state index contributed by atoms with van der Waals surface area (Å²) in [6.07, 6.45) is 3.19. The van der Waals surface area contributed by atoms with Crippen molar-refractivity contribution >= 4 is 11.4 Å². The number of anilines is 2. The van der Waals surface area contributed by atoms with Crippen LogP contribution in [0.5, 0.6) is 0 Å². The van der Waals surface area contributed by atoms with Crippen LogP contribution in [-0.2, 0) is 10.2 Å². The van der Waals surface area contributed by atoms with Crippen molar-refractivity contribution in [1.29, 1.82) is 5.26 Å². The molecule has 3 saturated heterocycles.